The van der Waals surface area contributed by atoms with Crippen molar-refractivity contribution in [1.82, 2.24) is 19.8 Å². The summed E-state index contributed by atoms with van der Waals surface area (Å²) in [6, 6.07) is 15.7. The van der Waals surface area contributed by atoms with Gasteiger partial charge in [0.15, 0.2) is 0 Å². The molecule has 6 heteroatoms. The van der Waals surface area contributed by atoms with Crippen LogP contribution in [0.4, 0.5) is 0 Å². The van der Waals surface area contributed by atoms with E-state index in [-0.39, 0.29) is 11.8 Å². The predicted octanol–water partition coefficient (Wildman–Crippen LogP) is 4.50. The number of hydrogen-bond donors (Lipinski definition) is 1. The number of nitrogens with one attached hydrogen (secondary N) is 1. The van der Waals surface area contributed by atoms with E-state index in [4.69, 9.17) is 4.98 Å². The number of imidazole rings is 1. The molecule has 0 aliphatic carbocycles. The number of aromatic nitrogens is 2. The highest BCUT2D eigenvalue weighted by atomic mass is 16.2. The first kappa shape index (κ1) is 23.0. The Balaban J connectivity index is 1.30. The predicted molar refractivity (Wildman–Crippen MR) is 131 cm³/mol. The summed E-state index contributed by atoms with van der Waals surface area (Å²) < 4.78 is 2.10. The van der Waals surface area contributed by atoms with Gasteiger partial charge in [-0.15, -0.1) is 0 Å². The second-order valence-electron chi connectivity index (χ2n) is 8.93. The molecule has 3 aromatic rings. The minimum Gasteiger partial charge on any atom is -0.352 e. The fourth-order valence-electron chi connectivity index (χ4n) is 4.58. The van der Waals surface area contributed by atoms with Crippen molar-refractivity contribution < 1.29 is 9.59 Å². The van der Waals surface area contributed by atoms with Crippen molar-refractivity contribution >= 4 is 22.8 Å². The van der Waals surface area contributed by atoms with Crippen molar-refractivity contribution in [3.8, 4) is 0 Å². The van der Waals surface area contributed by atoms with Crippen LogP contribution in [-0.2, 0) is 17.8 Å². The number of hydrogen-bond acceptors (Lipinski definition) is 3. The molecule has 1 aromatic heterocycles. The van der Waals surface area contributed by atoms with E-state index in [2.05, 4.69) is 16.0 Å². The topological polar surface area (TPSA) is 67.2 Å². The van der Waals surface area contributed by atoms with Gasteiger partial charge in [0.25, 0.3) is 5.91 Å². The lowest BCUT2D eigenvalue weighted by Crippen LogP contribution is -2.38. The number of fused-ring (bicyclic) bond motifs is 1. The van der Waals surface area contributed by atoms with Gasteiger partial charge >= 0.3 is 0 Å². The molecule has 4 rings (SSSR count). The summed E-state index contributed by atoms with van der Waals surface area (Å²) in [6.45, 7) is 4.72. The molecule has 33 heavy (non-hydrogen) atoms. The van der Waals surface area contributed by atoms with Crippen molar-refractivity contribution in [3.05, 3.63) is 65.5 Å². The third-order valence-corrected chi connectivity index (χ3v) is 6.49. The van der Waals surface area contributed by atoms with E-state index in [1.54, 1.807) is 0 Å². The molecule has 0 radical (unpaired) electrons. The normalized spacial score (nSPS) is 13.9. The van der Waals surface area contributed by atoms with E-state index in [1.165, 1.54) is 6.42 Å². The molecular formula is C27H34N4O2. The summed E-state index contributed by atoms with van der Waals surface area (Å²) in [7, 11) is 0. The van der Waals surface area contributed by atoms with Gasteiger partial charge in [0.1, 0.15) is 12.4 Å². The summed E-state index contributed by atoms with van der Waals surface area (Å²) in [5.74, 6) is 1.16. The number of piperidine rings is 1. The average Bonchev–Trinajstić information content (AvgIpc) is 3.19. The van der Waals surface area contributed by atoms with Crippen LogP contribution >= 0.6 is 0 Å². The Morgan fingerprint density at radius 2 is 1.70 bits per heavy atom. The van der Waals surface area contributed by atoms with Gasteiger partial charge in [0.2, 0.25) is 5.91 Å². The molecule has 1 aliphatic heterocycles. The lowest BCUT2D eigenvalue weighted by molar-refractivity contribution is -0.132. The number of aryl methyl sites for hydroxylation is 2. The first-order valence-corrected chi connectivity index (χ1v) is 12.2. The molecule has 174 valence electrons. The fourth-order valence-corrected chi connectivity index (χ4v) is 4.58. The van der Waals surface area contributed by atoms with Crippen LogP contribution in [0.1, 0.15) is 60.3 Å². The number of unbranched alkanes of at least 4 members (excludes halogenated alkanes) is 2. The highest BCUT2D eigenvalue weighted by molar-refractivity contribution is 5.95. The number of amides is 2. The molecule has 2 heterocycles. The van der Waals surface area contributed by atoms with Crippen LogP contribution in [0.25, 0.3) is 11.0 Å². The number of likely N-dealkylation sites (tertiary alicyclic amines) is 1. The van der Waals surface area contributed by atoms with Gasteiger partial charge in [-0.2, -0.15) is 0 Å². The van der Waals surface area contributed by atoms with Crippen molar-refractivity contribution in [2.75, 3.05) is 19.6 Å². The summed E-state index contributed by atoms with van der Waals surface area (Å²) in [6.07, 6.45) is 7.14. The summed E-state index contributed by atoms with van der Waals surface area (Å²) in [4.78, 5) is 32.1. The minimum atomic E-state index is -0.00822. The van der Waals surface area contributed by atoms with E-state index < -0.39 is 0 Å². The SMILES string of the molecule is Cc1ccccc1C(=O)NCCCCCc1nc2ccccc2n1CC(=O)N1CCCCC1. The van der Waals surface area contributed by atoms with Crippen LogP contribution < -0.4 is 5.32 Å². The number of para-hydroxylation sites is 2. The maximum Gasteiger partial charge on any atom is 0.251 e. The first-order chi connectivity index (χ1) is 16.1. The Labute approximate surface area is 196 Å². The van der Waals surface area contributed by atoms with E-state index in [9.17, 15) is 9.59 Å². The second kappa shape index (κ2) is 11.1. The largest absolute Gasteiger partial charge is 0.352 e. The molecule has 0 atom stereocenters. The minimum absolute atomic E-state index is 0.00822. The second-order valence-corrected chi connectivity index (χ2v) is 8.93. The summed E-state index contributed by atoms with van der Waals surface area (Å²) in [5.41, 5.74) is 3.71. The van der Waals surface area contributed by atoms with Crippen LogP contribution in [0, 0.1) is 6.92 Å². The number of rotatable bonds is 9. The Morgan fingerprint density at radius 3 is 2.52 bits per heavy atom. The zero-order valence-electron chi connectivity index (χ0n) is 19.6. The number of benzene rings is 2. The van der Waals surface area contributed by atoms with Crippen LogP contribution in [0.15, 0.2) is 48.5 Å². The first-order valence-electron chi connectivity index (χ1n) is 12.2. The number of nitrogens with zero attached hydrogens (tertiary/aromatic N) is 3. The molecule has 0 spiro atoms. The van der Waals surface area contributed by atoms with Gasteiger partial charge in [-0.25, -0.2) is 4.98 Å². The molecule has 2 amide bonds. The highest BCUT2D eigenvalue weighted by Crippen LogP contribution is 2.19. The molecule has 1 N–H and O–H groups in total. The van der Waals surface area contributed by atoms with Crippen LogP contribution in [0.2, 0.25) is 0 Å². The number of carbonyl (C=O) groups excluding carboxylic acids is 2. The average molecular weight is 447 g/mol. The molecule has 1 saturated heterocycles. The maximum atomic E-state index is 12.9. The molecule has 6 nitrogen and oxygen atoms in total. The molecule has 1 aliphatic rings. The van der Waals surface area contributed by atoms with Crippen LogP contribution in [0.3, 0.4) is 0 Å². The van der Waals surface area contributed by atoms with Crippen molar-refractivity contribution in [2.45, 2.75) is 58.4 Å². The zero-order valence-corrected chi connectivity index (χ0v) is 19.6. The third-order valence-electron chi connectivity index (χ3n) is 6.49. The van der Waals surface area contributed by atoms with Gasteiger partial charge in [-0.1, -0.05) is 36.8 Å². The third kappa shape index (κ3) is 5.81. The van der Waals surface area contributed by atoms with E-state index in [0.29, 0.717) is 13.1 Å². The van der Waals surface area contributed by atoms with E-state index in [1.807, 2.05) is 54.3 Å². The van der Waals surface area contributed by atoms with Crippen LogP contribution in [0.5, 0.6) is 0 Å². The fraction of sp³-hybridized carbons (Fsp3) is 0.444. The van der Waals surface area contributed by atoms with Gasteiger partial charge in [-0.05, 0) is 62.8 Å². The lowest BCUT2D eigenvalue weighted by Gasteiger charge is -2.27. The lowest BCUT2D eigenvalue weighted by atomic mass is 10.1. The molecule has 0 unspecified atom stereocenters. The zero-order chi connectivity index (χ0) is 23.0. The van der Waals surface area contributed by atoms with Crippen molar-refractivity contribution in [1.29, 1.82) is 0 Å². The standard InChI is InChI=1S/C27H34N4O2/c1-21-12-5-6-13-22(21)27(33)28-17-9-2-4-16-25-29-23-14-7-8-15-24(23)31(25)20-26(32)30-18-10-3-11-19-30/h5-8,12-15H,2-4,9-11,16-20H2,1H3,(H,28,33). The summed E-state index contributed by atoms with van der Waals surface area (Å²) >= 11 is 0. The Kier molecular flexibility index (Phi) is 7.76. The highest BCUT2D eigenvalue weighted by Gasteiger charge is 2.19. The van der Waals surface area contributed by atoms with Crippen molar-refractivity contribution in [3.63, 3.8) is 0 Å². The van der Waals surface area contributed by atoms with Gasteiger partial charge in [0.05, 0.1) is 11.0 Å². The monoisotopic (exact) mass is 446 g/mol. The van der Waals surface area contributed by atoms with Crippen molar-refractivity contribution in [2.24, 2.45) is 0 Å². The smallest absolute Gasteiger partial charge is 0.251 e. The molecule has 0 bridgehead atoms. The Bertz CT molecular complexity index is 1100. The Hall–Kier alpha value is -3.15. The van der Waals surface area contributed by atoms with E-state index in [0.717, 1.165) is 79.6 Å². The van der Waals surface area contributed by atoms with Gasteiger partial charge < -0.3 is 14.8 Å². The summed E-state index contributed by atoms with van der Waals surface area (Å²) in [5, 5.41) is 3.02. The van der Waals surface area contributed by atoms with E-state index >= 15 is 0 Å². The molecule has 1 fully saturated rings. The molecular weight excluding hydrogens is 412 g/mol. The quantitative estimate of drug-likeness (QED) is 0.492. The molecule has 0 saturated carbocycles. The van der Waals surface area contributed by atoms with Gasteiger partial charge in [-0.3, -0.25) is 9.59 Å². The number of carbonyl (C=O) groups is 2. The maximum absolute atomic E-state index is 12.9. The van der Waals surface area contributed by atoms with Crippen LogP contribution in [-0.4, -0.2) is 45.9 Å². The molecule has 2 aromatic carbocycles. The Morgan fingerprint density at radius 1 is 0.939 bits per heavy atom. The van der Waals surface area contributed by atoms with Gasteiger partial charge in [0, 0.05) is 31.6 Å².